The van der Waals surface area contributed by atoms with Gasteiger partial charge in [-0.1, -0.05) is 72.5 Å². The summed E-state index contributed by atoms with van der Waals surface area (Å²) < 4.78 is 1.15. The highest BCUT2D eigenvalue weighted by Gasteiger charge is 2.33. The van der Waals surface area contributed by atoms with Gasteiger partial charge in [0.25, 0.3) is 5.91 Å². The monoisotopic (exact) mass is 472 g/mol. The summed E-state index contributed by atoms with van der Waals surface area (Å²) >= 11 is 9.90. The van der Waals surface area contributed by atoms with E-state index in [4.69, 9.17) is 12.2 Å². The lowest BCUT2D eigenvalue weighted by atomic mass is 10.1. The fourth-order valence-corrected chi connectivity index (χ4v) is 4.28. The number of nitrogens with one attached hydrogen (secondary N) is 1. The topological polar surface area (TPSA) is 49.4 Å². The summed E-state index contributed by atoms with van der Waals surface area (Å²) in [6.07, 6.45) is 3.80. The molecule has 1 N–H and O–H groups in total. The van der Waals surface area contributed by atoms with Crippen molar-refractivity contribution in [2.75, 3.05) is 11.9 Å². The predicted octanol–water partition coefficient (Wildman–Crippen LogP) is 5.24. The summed E-state index contributed by atoms with van der Waals surface area (Å²) in [5.41, 5.74) is 2.64. The van der Waals surface area contributed by atoms with Crippen LogP contribution >= 0.6 is 39.9 Å². The molecule has 0 atom stereocenters. The van der Waals surface area contributed by atoms with E-state index in [1.807, 2.05) is 61.5 Å². The molecular formula is C21H17BrN2O2S2. The van der Waals surface area contributed by atoms with Gasteiger partial charge in [0, 0.05) is 4.47 Å². The molecule has 0 unspecified atom stereocenters. The Balaban J connectivity index is 1.68. The molecule has 3 rings (SSSR count). The third-order valence-corrected chi connectivity index (χ3v) is 5.95. The van der Waals surface area contributed by atoms with E-state index < -0.39 is 0 Å². The van der Waals surface area contributed by atoms with Crippen LogP contribution < -0.4 is 5.32 Å². The molecule has 1 saturated heterocycles. The fourth-order valence-electron chi connectivity index (χ4n) is 2.59. The lowest BCUT2D eigenvalue weighted by molar-refractivity contribution is -0.126. The Hall–Kier alpha value is -2.22. The van der Waals surface area contributed by atoms with Crippen molar-refractivity contribution in [3.05, 3.63) is 81.2 Å². The van der Waals surface area contributed by atoms with Crippen LogP contribution in [0, 0.1) is 0 Å². The number of thioether (sulfide) groups is 1. The van der Waals surface area contributed by atoms with Crippen molar-refractivity contribution < 1.29 is 9.59 Å². The van der Waals surface area contributed by atoms with E-state index in [0.717, 1.165) is 15.6 Å². The van der Waals surface area contributed by atoms with Crippen LogP contribution in [0.25, 0.3) is 6.08 Å². The van der Waals surface area contributed by atoms with Gasteiger partial charge in [-0.25, -0.2) is 0 Å². The first-order chi connectivity index (χ1) is 13.4. The number of carbonyl (C=O) groups is 2. The summed E-state index contributed by atoms with van der Waals surface area (Å²) in [4.78, 5) is 26.9. The number of carbonyl (C=O) groups excluding carboxylic acids is 2. The number of hydrogen-bond donors (Lipinski definition) is 1. The van der Waals surface area contributed by atoms with Crippen LogP contribution in [-0.2, 0) is 9.59 Å². The lowest BCUT2D eigenvalue weighted by Gasteiger charge is -2.14. The number of allylic oxidation sites excluding steroid dienone is 2. The van der Waals surface area contributed by atoms with Gasteiger partial charge < -0.3 is 5.32 Å². The second kappa shape index (κ2) is 9.32. The largest absolute Gasteiger partial charge is 0.324 e. The highest BCUT2D eigenvalue weighted by molar-refractivity contribution is 9.10. The smallest absolute Gasteiger partial charge is 0.266 e. The van der Waals surface area contributed by atoms with Gasteiger partial charge in [-0.3, -0.25) is 14.5 Å². The van der Waals surface area contributed by atoms with Crippen molar-refractivity contribution in [1.82, 2.24) is 4.90 Å². The zero-order valence-corrected chi connectivity index (χ0v) is 18.2. The Bertz CT molecular complexity index is 987. The maximum absolute atomic E-state index is 12.7. The molecular weight excluding hydrogens is 456 g/mol. The van der Waals surface area contributed by atoms with E-state index >= 15 is 0 Å². The number of benzene rings is 2. The number of amides is 2. The fraction of sp³-hybridized carbons (Fsp3) is 0.0952. The Labute approximate surface area is 181 Å². The minimum atomic E-state index is -0.305. The molecule has 1 aliphatic rings. The van der Waals surface area contributed by atoms with Gasteiger partial charge in [-0.15, -0.1) is 0 Å². The number of nitrogens with zero attached hydrogens (tertiary/aromatic N) is 1. The normalized spacial score (nSPS) is 16.0. The first-order valence-corrected chi connectivity index (χ1v) is 10.5. The molecule has 2 aromatic carbocycles. The molecule has 1 aliphatic heterocycles. The van der Waals surface area contributed by atoms with Crippen LogP contribution in [0.4, 0.5) is 5.69 Å². The molecule has 4 nitrogen and oxygen atoms in total. The Morgan fingerprint density at radius 3 is 2.57 bits per heavy atom. The molecule has 28 heavy (non-hydrogen) atoms. The number of halogens is 1. The first-order valence-electron chi connectivity index (χ1n) is 8.47. The number of para-hydroxylation sites is 1. The van der Waals surface area contributed by atoms with Gasteiger partial charge in [0.15, 0.2) is 0 Å². The summed E-state index contributed by atoms with van der Waals surface area (Å²) in [6, 6.07) is 17.2. The van der Waals surface area contributed by atoms with Crippen molar-refractivity contribution in [2.24, 2.45) is 0 Å². The molecule has 1 heterocycles. The number of thiocarbonyl (C=S) groups is 1. The van der Waals surface area contributed by atoms with Crippen LogP contribution in [0.1, 0.15) is 12.5 Å². The maximum atomic E-state index is 12.7. The number of hydrogen-bond acceptors (Lipinski definition) is 4. The molecule has 2 amide bonds. The molecule has 7 heteroatoms. The molecule has 1 fully saturated rings. The third kappa shape index (κ3) is 5.19. The second-order valence-electron chi connectivity index (χ2n) is 6.09. The third-order valence-electron chi connectivity index (χ3n) is 3.88. The summed E-state index contributed by atoms with van der Waals surface area (Å²) in [7, 11) is 0. The Morgan fingerprint density at radius 2 is 1.86 bits per heavy atom. The Morgan fingerprint density at radius 1 is 1.18 bits per heavy atom. The van der Waals surface area contributed by atoms with E-state index in [1.54, 1.807) is 12.1 Å². The molecule has 2 aromatic rings. The SMILES string of the molecule is CC(=C\c1ccccc1)/C=C1/SC(=S)N(CC(=O)Nc2ccccc2Br)C1=O. The van der Waals surface area contributed by atoms with Gasteiger partial charge in [-0.2, -0.15) is 0 Å². The average Bonchev–Trinajstić information content (AvgIpc) is 2.91. The highest BCUT2D eigenvalue weighted by atomic mass is 79.9. The van der Waals surface area contributed by atoms with Crippen molar-refractivity contribution in [3.63, 3.8) is 0 Å². The minimum Gasteiger partial charge on any atom is -0.324 e. The molecule has 0 spiro atoms. The molecule has 0 aliphatic carbocycles. The summed E-state index contributed by atoms with van der Waals surface area (Å²) in [5, 5.41) is 2.79. The predicted molar refractivity (Wildman–Crippen MR) is 123 cm³/mol. The van der Waals surface area contributed by atoms with Gasteiger partial charge in [0.05, 0.1) is 10.6 Å². The number of anilines is 1. The summed E-state index contributed by atoms with van der Waals surface area (Å²) in [6.45, 7) is 1.81. The van der Waals surface area contributed by atoms with Gasteiger partial charge in [0.1, 0.15) is 10.9 Å². The molecule has 0 bridgehead atoms. The van der Waals surface area contributed by atoms with Crippen molar-refractivity contribution in [3.8, 4) is 0 Å². The van der Waals surface area contributed by atoms with Gasteiger partial charge in [0.2, 0.25) is 5.91 Å². The zero-order chi connectivity index (χ0) is 20.1. The zero-order valence-electron chi connectivity index (χ0n) is 15.0. The first kappa shape index (κ1) is 20.5. The van der Waals surface area contributed by atoms with Gasteiger partial charge >= 0.3 is 0 Å². The summed E-state index contributed by atoms with van der Waals surface area (Å²) in [5.74, 6) is -0.556. The standard InChI is InChI=1S/C21H17BrN2O2S2/c1-14(11-15-7-3-2-4-8-15)12-18-20(26)24(21(27)28-18)13-19(25)23-17-10-6-5-9-16(17)22/h2-12H,13H2,1H3,(H,23,25)/b14-11+,18-12+. The van der Waals surface area contributed by atoms with E-state index in [-0.39, 0.29) is 18.4 Å². The van der Waals surface area contributed by atoms with Crippen LogP contribution in [0.15, 0.2) is 75.6 Å². The average molecular weight is 473 g/mol. The second-order valence-corrected chi connectivity index (χ2v) is 8.63. The number of rotatable bonds is 5. The van der Waals surface area contributed by atoms with Crippen molar-refractivity contribution in [2.45, 2.75) is 6.92 Å². The van der Waals surface area contributed by atoms with Crippen LogP contribution in [-0.4, -0.2) is 27.6 Å². The Kier molecular flexibility index (Phi) is 6.83. The van der Waals surface area contributed by atoms with E-state index in [1.165, 1.54) is 16.7 Å². The highest BCUT2D eigenvalue weighted by Crippen LogP contribution is 2.32. The maximum Gasteiger partial charge on any atom is 0.266 e. The van der Waals surface area contributed by atoms with Gasteiger partial charge in [-0.05, 0) is 52.2 Å². The van der Waals surface area contributed by atoms with Crippen LogP contribution in [0.3, 0.4) is 0 Å². The molecule has 0 saturated carbocycles. The minimum absolute atomic E-state index is 0.120. The quantitative estimate of drug-likeness (QED) is 0.477. The van der Waals surface area contributed by atoms with E-state index in [0.29, 0.717) is 14.9 Å². The lowest BCUT2D eigenvalue weighted by Crippen LogP contribution is -2.36. The van der Waals surface area contributed by atoms with E-state index in [2.05, 4.69) is 21.2 Å². The van der Waals surface area contributed by atoms with E-state index in [9.17, 15) is 9.59 Å². The van der Waals surface area contributed by atoms with Crippen molar-refractivity contribution in [1.29, 1.82) is 0 Å². The van der Waals surface area contributed by atoms with Crippen LogP contribution in [0.2, 0.25) is 0 Å². The molecule has 0 radical (unpaired) electrons. The molecule has 142 valence electrons. The van der Waals surface area contributed by atoms with Crippen molar-refractivity contribution >= 4 is 67.8 Å². The van der Waals surface area contributed by atoms with Crippen LogP contribution in [0.5, 0.6) is 0 Å². The molecule has 0 aromatic heterocycles.